The molecule has 1 aliphatic heterocycles. The fourth-order valence-electron chi connectivity index (χ4n) is 2.45. The van der Waals surface area contributed by atoms with Crippen LogP contribution in [-0.4, -0.2) is 36.4 Å². The van der Waals surface area contributed by atoms with Gasteiger partial charge in [-0.2, -0.15) is 0 Å². The van der Waals surface area contributed by atoms with E-state index in [0.717, 1.165) is 18.2 Å². The summed E-state index contributed by atoms with van der Waals surface area (Å²) in [4.78, 5) is 12.2. The first-order chi connectivity index (χ1) is 10.8. The van der Waals surface area contributed by atoms with Gasteiger partial charge in [-0.3, -0.25) is 4.79 Å². The van der Waals surface area contributed by atoms with Crippen LogP contribution in [0.25, 0.3) is 0 Å². The molecule has 0 spiro atoms. The number of Topliss-reactive ketones (excluding diaryl/α,β-unsaturated/α-hetero) is 1. The molecular formula is C15H12O8. The minimum absolute atomic E-state index is 0.147. The normalized spacial score (nSPS) is 16.7. The fourth-order valence-corrected chi connectivity index (χ4v) is 2.45. The third-order valence-electron chi connectivity index (χ3n) is 3.60. The molecular weight excluding hydrogens is 308 g/mol. The number of carbonyl (C=O) groups excluding carboxylic acids is 1. The predicted octanol–water partition coefficient (Wildman–Crippen LogP) is 1.63. The molecule has 0 bridgehead atoms. The Morgan fingerprint density at radius 3 is 2.00 bits per heavy atom. The fraction of sp³-hybridized carbons (Fsp3) is 0.133. The predicted molar refractivity (Wildman–Crippen MR) is 75.2 cm³/mol. The van der Waals surface area contributed by atoms with Crippen molar-refractivity contribution in [2.45, 2.75) is 12.5 Å². The zero-order valence-electron chi connectivity index (χ0n) is 11.5. The van der Waals surface area contributed by atoms with Crippen LogP contribution in [0.1, 0.15) is 28.4 Å². The lowest BCUT2D eigenvalue weighted by atomic mass is 9.94. The monoisotopic (exact) mass is 320 g/mol. The first kappa shape index (κ1) is 14.6. The van der Waals surface area contributed by atoms with Crippen LogP contribution < -0.4 is 4.74 Å². The lowest BCUT2D eigenvalue weighted by molar-refractivity contribution is 0.0842. The molecule has 2 aromatic rings. The average molecular weight is 320 g/mol. The van der Waals surface area contributed by atoms with E-state index < -0.39 is 46.4 Å². The van der Waals surface area contributed by atoms with Crippen LogP contribution in [0.4, 0.5) is 0 Å². The molecule has 0 saturated carbocycles. The van der Waals surface area contributed by atoms with Gasteiger partial charge in [-0.1, -0.05) is 0 Å². The molecule has 0 radical (unpaired) electrons. The van der Waals surface area contributed by atoms with Gasteiger partial charge in [0.05, 0.1) is 6.42 Å². The van der Waals surface area contributed by atoms with Crippen LogP contribution in [-0.2, 0) is 0 Å². The highest BCUT2D eigenvalue weighted by molar-refractivity contribution is 6.03. The van der Waals surface area contributed by atoms with Crippen molar-refractivity contribution in [3.8, 4) is 40.2 Å². The van der Waals surface area contributed by atoms with Gasteiger partial charge in [-0.25, -0.2) is 0 Å². The number of phenols is 6. The Balaban J connectivity index is 2.06. The van der Waals surface area contributed by atoms with Crippen molar-refractivity contribution < 1.29 is 40.2 Å². The maximum atomic E-state index is 12.2. The number of phenolic OH excluding ortho intramolecular Hbond substituents is 6. The van der Waals surface area contributed by atoms with Crippen molar-refractivity contribution in [2.24, 2.45) is 0 Å². The lowest BCUT2D eigenvalue weighted by Crippen LogP contribution is -2.20. The molecule has 6 N–H and O–H groups in total. The second-order valence-corrected chi connectivity index (χ2v) is 5.11. The van der Waals surface area contributed by atoms with E-state index in [1.165, 1.54) is 0 Å². The van der Waals surface area contributed by atoms with Crippen LogP contribution in [0.15, 0.2) is 18.2 Å². The van der Waals surface area contributed by atoms with E-state index in [9.17, 15) is 35.4 Å². The Morgan fingerprint density at radius 2 is 1.39 bits per heavy atom. The maximum absolute atomic E-state index is 12.2. The summed E-state index contributed by atoms with van der Waals surface area (Å²) in [6.07, 6.45) is -1.16. The van der Waals surface area contributed by atoms with Crippen LogP contribution >= 0.6 is 0 Å². The second-order valence-electron chi connectivity index (χ2n) is 5.11. The number of aromatic hydroxyl groups is 6. The van der Waals surface area contributed by atoms with Crippen LogP contribution in [0, 0.1) is 0 Å². The van der Waals surface area contributed by atoms with Gasteiger partial charge in [0.1, 0.15) is 17.4 Å². The molecule has 0 amide bonds. The number of carbonyl (C=O) groups is 1. The van der Waals surface area contributed by atoms with Gasteiger partial charge in [-0.15, -0.1) is 0 Å². The lowest BCUT2D eigenvalue weighted by Gasteiger charge is -2.26. The first-order valence-corrected chi connectivity index (χ1v) is 6.52. The molecule has 3 rings (SSSR count). The first-order valence-electron chi connectivity index (χ1n) is 6.52. The van der Waals surface area contributed by atoms with Gasteiger partial charge in [0.2, 0.25) is 5.75 Å². The number of rotatable bonds is 1. The Kier molecular flexibility index (Phi) is 3.10. The van der Waals surface area contributed by atoms with Crippen molar-refractivity contribution in [3.05, 3.63) is 29.3 Å². The van der Waals surface area contributed by atoms with Crippen molar-refractivity contribution in [3.63, 3.8) is 0 Å². The van der Waals surface area contributed by atoms with E-state index in [2.05, 4.69) is 0 Å². The SMILES string of the molecule is O=C1CC(c2cc(O)c(O)c(O)c2)Oc2cc(O)c(O)c(O)c21. The molecule has 8 nitrogen and oxygen atoms in total. The highest BCUT2D eigenvalue weighted by Crippen LogP contribution is 2.48. The average Bonchev–Trinajstić information content (AvgIpc) is 2.49. The molecule has 1 aliphatic rings. The summed E-state index contributed by atoms with van der Waals surface area (Å²) >= 11 is 0. The van der Waals surface area contributed by atoms with Crippen LogP contribution in [0.5, 0.6) is 40.2 Å². The van der Waals surface area contributed by atoms with Crippen molar-refractivity contribution in [2.75, 3.05) is 0 Å². The van der Waals surface area contributed by atoms with E-state index in [0.29, 0.717) is 0 Å². The van der Waals surface area contributed by atoms with Gasteiger partial charge in [0.25, 0.3) is 0 Å². The van der Waals surface area contributed by atoms with Crippen molar-refractivity contribution in [1.29, 1.82) is 0 Å². The molecule has 1 heterocycles. The Hall–Kier alpha value is -3.29. The van der Waals surface area contributed by atoms with Gasteiger partial charge in [-0.05, 0) is 12.1 Å². The molecule has 120 valence electrons. The third kappa shape index (κ3) is 2.20. The van der Waals surface area contributed by atoms with Gasteiger partial charge in [0, 0.05) is 11.6 Å². The van der Waals surface area contributed by atoms with Gasteiger partial charge in [0.15, 0.2) is 34.5 Å². The Bertz CT molecular complexity index is 804. The van der Waals surface area contributed by atoms with E-state index in [1.807, 2.05) is 0 Å². The largest absolute Gasteiger partial charge is 0.504 e. The molecule has 0 fully saturated rings. The van der Waals surface area contributed by atoms with Crippen molar-refractivity contribution >= 4 is 5.78 Å². The summed E-state index contributed by atoms with van der Waals surface area (Å²) < 4.78 is 5.50. The molecule has 23 heavy (non-hydrogen) atoms. The number of hydrogen-bond donors (Lipinski definition) is 6. The number of ether oxygens (including phenoxy) is 1. The number of hydrogen-bond acceptors (Lipinski definition) is 8. The summed E-state index contributed by atoms with van der Waals surface area (Å²) in [5.41, 5.74) is -0.0485. The molecule has 0 aromatic heterocycles. The maximum Gasteiger partial charge on any atom is 0.201 e. The van der Waals surface area contributed by atoms with Gasteiger partial charge < -0.3 is 35.4 Å². The summed E-state index contributed by atoms with van der Waals surface area (Å²) in [6, 6.07) is 3.23. The number of ketones is 1. The van der Waals surface area contributed by atoms with E-state index in [4.69, 9.17) is 4.74 Å². The van der Waals surface area contributed by atoms with E-state index in [1.54, 1.807) is 0 Å². The molecule has 8 heteroatoms. The van der Waals surface area contributed by atoms with Gasteiger partial charge >= 0.3 is 0 Å². The highest BCUT2D eigenvalue weighted by Gasteiger charge is 2.33. The second kappa shape index (κ2) is 4.87. The standard InChI is InChI=1S/C15H12O8/c16-6-3-10(5-1-7(17)13(20)8(18)2-5)23-11-4-9(19)14(21)15(22)12(6)11/h1-2,4,10,17-22H,3H2. The van der Waals surface area contributed by atoms with Crippen molar-refractivity contribution in [1.82, 2.24) is 0 Å². The van der Waals surface area contributed by atoms with Crippen LogP contribution in [0.2, 0.25) is 0 Å². The topological polar surface area (TPSA) is 148 Å². The summed E-state index contributed by atoms with van der Waals surface area (Å²) in [5, 5.41) is 57.1. The summed E-state index contributed by atoms with van der Waals surface area (Å²) in [5.74, 6) is -4.83. The third-order valence-corrected chi connectivity index (χ3v) is 3.60. The molecule has 1 atom stereocenters. The zero-order valence-corrected chi connectivity index (χ0v) is 11.5. The van der Waals surface area contributed by atoms with Crippen LogP contribution in [0.3, 0.4) is 0 Å². The zero-order chi connectivity index (χ0) is 16.9. The van der Waals surface area contributed by atoms with E-state index >= 15 is 0 Å². The molecule has 0 aliphatic carbocycles. The smallest absolute Gasteiger partial charge is 0.201 e. The summed E-state index contributed by atoms with van der Waals surface area (Å²) in [7, 11) is 0. The quantitative estimate of drug-likeness (QED) is 0.434. The Morgan fingerprint density at radius 1 is 0.826 bits per heavy atom. The molecule has 2 aromatic carbocycles. The Labute approximate surface area is 129 Å². The molecule has 1 unspecified atom stereocenters. The minimum Gasteiger partial charge on any atom is -0.504 e. The summed E-state index contributed by atoms with van der Waals surface area (Å²) in [6.45, 7) is 0. The molecule has 0 saturated heterocycles. The number of fused-ring (bicyclic) bond motifs is 1. The number of benzene rings is 2. The minimum atomic E-state index is -0.921. The highest BCUT2D eigenvalue weighted by atomic mass is 16.5. The van der Waals surface area contributed by atoms with E-state index in [-0.39, 0.29) is 23.3 Å².